The molecule has 0 fully saturated rings. The van der Waals surface area contributed by atoms with Gasteiger partial charge in [0.05, 0.1) is 6.10 Å². The van der Waals surface area contributed by atoms with E-state index in [2.05, 4.69) is 6.92 Å². The van der Waals surface area contributed by atoms with Crippen LogP contribution in [0, 0.1) is 5.82 Å². The molecule has 2 aromatic rings. The highest BCUT2D eigenvalue weighted by Gasteiger charge is 2.17. The molecule has 1 unspecified atom stereocenters. The molecule has 0 bridgehead atoms. The van der Waals surface area contributed by atoms with Crippen molar-refractivity contribution in [1.82, 2.24) is 0 Å². The van der Waals surface area contributed by atoms with E-state index < -0.39 is 11.9 Å². The second-order valence-electron chi connectivity index (χ2n) is 4.08. The number of aliphatic hydroxyl groups is 1. The molecule has 1 aromatic heterocycles. The van der Waals surface area contributed by atoms with Crippen molar-refractivity contribution >= 4 is 22.9 Å². The first-order valence-corrected chi connectivity index (χ1v) is 7.00. The van der Waals surface area contributed by atoms with E-state index in [4.69, 9.17) is 11.6 Å². The third-order valence-electron chi connectivity index (χ3n) is 2.79. The number of benzene rings is 1. The van der Waals surface area contributed by atoms with Crippen molar-refractivity contribution in [2.45, 2.75) is 25.9 Å². The smallest absolute Gasteiger partial charge is 0.130 e. The lowest BCUT2D eigenvalue weighted by atomic mass is 10.1. The lowest BCUT2D eigenvalue weighted by Gasteiger charge is -2.12. The van der Waals surface area contributed by atoms with E-state index in [1.54, 1.807) is 17.4 Å². The van der Waals surface area contributed by atoms with Gasteiger partial charge in [0.2, 0.25) is 0 Å². The van der Waals surface area contributed by atoms with Crippen molar-refractivity contribution in [3.05, 3.63) is 56.5 Å². The molecule has 0 spiro atoms. The van der Waals surface area contributed by atoms with Crippen LogP contribution < -0.4 is 0 Å². The summed E-state index contributed by atoms with van der Waals surface area (Å²) in [5.74, 6) is -0.456. The summed E-state index contributed by atoms with van der Waals surface area (Å²) in [7, 11) is 0. The maximum atomic E-state index is 13.6. The zero-order valence-corrected chi connectivity index (χ0v) is 11.6. The van der Waals surface area contributed by atoms with Crippen molar-refractivity contribution in [3.8, 4) is 0 Å². The molecule has 0 aliphatic heterocycles. The van der Waals surface area contributed by atoms with Crippen LogP contribution in [0.2, 0.25) is 5.02 Å². The number of hydrogen-bond acceptors (Lipinski definition) is 2. The highest BCUT2D eigenvalue weighted by atomic mass is 35.5. The van der Waals surface area contributed by atoms with Crippen LogP contribution in [0.3, 0.4) is 0 Å². The van der Waals surface area contributed by atoms with Crippen molar-refractivity contribution < 1.29 is 9.50 Å². The van der Waals surface area contributed by atoms with Gasteiger partial charge in [-0.25, -0.2) is 4.39 Å². The summed E-state index contributed by atoms with van der Waals surface area (Å²) in [6.07, 6.45) is 0.467. The molecule has 4 heteroatoms. The number of hydrogen-bond donors (Lipinski definition) is 1. The van der Waals surface area contributed by atoms with Crippen molar-refractivity contribution in [2.75, 3.05) is 0 Å². The van der Waals surface area contributed by atoms with Crippen LogP contribution in [-0.4, -0.2) is 5.11 Å². The number of halogens is 2. The van der Waals surface area contributed by atoms with E-state index in [0.717, 1.165) is 11.3 Å². The molecule has 1 N–H and O–H groups in total. The Morgan fingerprint density at radius 1 is 1.28 bits per heavy atom. The SMILES string of the molecule is CCc1ccc(CC(O)c2c(F)cccc2Cl)s1. The third-order valence-corrected chi connectivity index (χ3v) is 4.37. The van der Waals surface area contributed by atoms with Gasteiger partial charge in [-0.1, -0.05) is 24.6 Å². The minimum absolute atomic E-state index is 0.186. The molecule has 96 valence electrons. The van der Waals surface area contributed by atoms with Crippen LogP contribution in [0.25, 0.3) is 0 Å². The quantitative estimate of drug-likeness (QED) is 0.883. The summed E-state index contributed by atoms with van der Waals surface area (Å²) in [6.45, 7) is 2.08. The van der Waals surface area contributed by atoms with Crippen molar-refractivity contribution in [3.63, 3.8) is 0 Å². The first-order valence-electron chi connectivity index (χ1n) is 5.81. The van der Waals surface area contributed by atoms with Crippen LogP contribution in [0.4, 0.5) is 4.39 Å². The Morgan fingerprint density at radius 2 is 2.00 bits per heavy atom. The molecular formula is C14H14ClFOS. The zero-order valence-electron chi connectivity index (χ0n) is 9.99. The maximum Gasteiger partial charge on any atom is 0.130 e. The monoisotopic (exact) mass is 284 g/mol. The fourth-order valence-corrected chi connectivity index (χ4v) is 3.13. The molecule has 0 amide bonds. The fraction of sp³-hybridized carbons (Fsp3) is 0.286. The molecule has 18 heavy (non-hydrogen) atoms. The van der Waals surface area contributed by atoms with Gasteiger partial charge in [-0.2, -0.15) is 0 Å². The molecule has 1 atom stereocenters. The summed E-state index contributed by atoms with van der Waals surface area (Å²) in [6, 6.07) is 8.46. The average molecular weight is 285 g/mol. The van der Waals surface area contributed by atoms with Gasteiger partial charge in [0.15, 0.2) is 0 Å². The van der Waals surface area contributed by atoms with Crippen LogP contribution >= 0.6 is 22.9 Å². The van der Waals surface area contributed by atoms with E-state index >= 15 is 0 Å². The normalized spacial score (nSPS) is 12.7. The standard InChI is InChI=1S/C14H14ClFOS/c1-2-9-6-7-10(18-9)8-13(17)14-11(15)4-3-5-12(14)16/h3-7,13,17H,2,8H2,1H3. The second kappa shape index (κ2) is 5.83. The van der Waals surface area contributed by atoms with Gasteiger partial charge in [0, 0.05) is 26.8 Å². The van der Waals surface area contributed by atoms with Crippen LogP contribution in [-0.2, 0) is 12.8 Å². The zero-order chi connectivity index (χ0) is 13.1. The molecular weight excluding hydrogens is 271 g/mol. The largest absolute Gasteiger partial charge is 0.388 e. The molecule has 0 radical (unpaired) electrons. The van der Waals surface area contributed by atoms with E-state index in [-0.39, 0.29) is 10.6 Å². The highest BCUT2D eigenvalue weighted by Crippen LogP contribution is 2.30. The Morgan fingerprint density at radius 3 is 2.61 bits per heavy atom. The second-order valence-corrected chi connectivity index (χ2v) is 5.74. The van der Waals surface area contributed by atoms with Crippen LogP contribution in [0.1, 0.15) is 28.3 Å². The van der Waals surface area contributed by atoms with E-state index in [9.17, 15) is 9.50 Å². The number of aliphatic hydroxyl groups excluding tert-OH is 1. The van der Waals surface area contributed by atoms with E-state index in [1.165, 1.54) is 17.0 Å². The molecule has 1 aromatic carbocycles. The Balaban J connectivity index is 2.19. The lowest BCUT2D eigenvalue weighted by molar-refractivity contribution is 0.174. The third kappa shape index (κ3) is 2.91. The summed E-state index contributed by atoms with van der Waals surface area (Å²) in [4.78, 5) is 2.30. The predicted molar refractivity (Wildman–Crippen MR) is 73.8 cm³/mol. The molecule has 0 aliphatic rings. The minimum atomic E-state index is -0.901. The Bertz CT molecular complexity index is 518. The van der Waals surface area contributed by atoms with Gasteiger partial charge in [0.1, 0.15) is 5.82 Å². The number of thiophene rings is 1. The van der Waals surface area contributed by atoms with Gasteiger partial charge >= 0.3 is 0 Å². The molecule has 0 saturated heterocycles. The van der Waals surface area contributed by atoms with Gasteiger partial charge < -0.3 is 5.11 Å². The maximum absolute atomic E-state index is 13.6. The van der Waals surface area contributed by atoms with Gasteiger partial charge in [-0.3, -0.25) is 0 Å². The summed E-state index contributed by atoms with van der Waals surface area (Å²) in [5.41, 5.74) is 0.186. The lowest BCUT2D eigenvalue weighted by Crippen LogP contribution is -2.04. The predicted octanol–water partition coefficient (Wildman–Crippen LogP) is 4.38. The molecule has 1 nitrogen and oxygen atoms in total. The fourth-order valence-electron chi connectivity index (χ4n) is 1.84. The van der Waals surface area contributed by atoms with E-state index in [1.807, 2.05) is 12.1 Å². The van der Waals surface area contributed by atoms with Crippen molar-refractivity contribution in [2.24, 2.45) is 0 Å². The summed E-state index contributed by atoms with van der Waals surface area (Å²) >= 11 is 7.57. The highest BCUT2D eigenvalue weighted by molar-refractivity contribution is 7.11. The number of aryl methyl sites for hydroxylation is 1. The van der Waals surface area contributed by atoms with Crippen molar-refractivity contribution in [1.29, 1.82) is 0 Å². The molecule has 0 saturated carbocycles. The Kier molecular flexibility index (Phi) is 4.38. The van der Waals surface area contributed by atoms with Gasteiger partial charge in [0.25, 0.3) is 0 Å². The van der Waals surface area contributed by atoms with Gasteiger partial charge in [-0.05, 0) is 30.7 Å². The molecule has 0 aliphatic carbocycles. The van der Waals surface area contributed by atoms with Crippen LogP contribution in [0.5, 0.6) is 0 Å². The Labute approximate surface area is 115 Å². The topological polar surface area (TPSA) is 20.2 Å². The molecule has 1 heterocycles. The summed E-state index contributed by atoms with van der Waals surface area (Å²) in [5, 5.41) is 10.4. The minimum Gasteiger partial charge on any atom is -0.388 e. The van der Waals surface area contributed by atoms with E-state index in [0.29, 0.717) is 6.42 Å². The van der Waals surface area contributed by atoms with Crippen LogP contribution in [0.15, 0.2) is 30.3 Å². The first-order chi connectivity index (χ1) is 8.61. The average Bonchev–Trinajstić information content (AvgIpc) is 2.76. The molecule has 2 rings (SSSR count). The first kappa shape index (κ1) is 13.5. The Hall–Kier alpha value is -0.900. The van der Waals surface area contributed by atoms with Gasteiger partial charge in [-0.15, -0.1) is 11.3 Å². The number of rotatable bonds is 4. The summed E-state index contributed by atoms with van der Waals surface area (Å²) < 4.78 is 13.6.